The molecular weight excluding hydrogens is 288 g/mol. The number of benzene rings is 1. The Labute approximate surface area is 137 Å². The van der Waals surface area contributed by atoms with E-state index in [0.29, 0.717) is 0 Å². The van der Waals surface area contributed by atoms with Crippen LogP contribution in [0.15, 0.2) is 41.1 Å². The van der Waals surface area contributed by atoms with Gasteiger partial charge in [-0.2, -0.15) is 11.3 Å². The first-order chi connectivity index (χ1) is 10.9. The van der Waals surface area contributed by atoms with E-state index >= 15 is 0 Å². The van der Waals surface area contributed by atoms with E-state index in [1.54, 1.807) is 11.1 Å². The summed E-state index contributed by atoms with van der Waals surface area (Å²) >= 11 is 1.81. The zero-order valence-corrected chi connectivity index (χ0v) is 13.9. The van der Waals surface area contributed by atoms with Gasteiger partial charge in [0.25, 0.3) is 0 Å². The first-order valence-corrected chi connectivity index (χ1v) is 9.37. The predicted octanol–water partition coefficient (Wildman–Crippen LogP) is 3.42. The molecule has 0 saturated carbocycles. The standard InChI is InChI=1S/C19H24N2S/c1-2-4-18-13-19(6-5-17(18)3-1)21-10-8-20(9-11-21)14-16-7-12-22-15-16/h1-4,7,12,15,19H,5-6,8-11,13-14H2/t19-/m1/s1. The lowest BCUT2D eigenvalue weighted by molar-refractivity contribution is 0.0857. The second kappa shape index (κ2) is 6.53. The van der Waals surface area contributed by atoms with Gasteiger partial charge in [-0.1, -0.05) is 24.3 Å². The van der Waals surface area contributed by atoms with Crippen LogP contribution in [0.25, 0.3) is 0 Å². The van der Waals surface area contributed by atoms with Crippen LogP contribution >= 0.6 is 11.3 Å². The van der Waals surface area contributed by atoms with Crippen LogP contribution in [-0.4, -0.2) is 42.0 Å². The third kappa shape index (κ3) is 3.12. The maximum atomic E-state index is 2.74. The maximum Gasteiger partial charge on any atom is 0.0243 e. The Morgan fingerprint density at radius 3 is 2.59 bits per heavy atom. The lowest BCUT2D eigenvalue weighted by Gasteiger charge is -2.41. The summed E-state index contributed by atoms with van der Waals surface area (Å²) in [5.74, 6) is 0. The Bertz CT molecular complexity index is 600. The highest BCUT2D eigenvalue weighted by Crippen LogP contribution is 2.25. The van der Waals surface area contributed by atoms with Crippen molar-refractivity contribution in [2.45, 2.75) is 31.8 Å². The van der Waals surface area contributed by atoms with Crippen LogP contribution in [0.3, 0.4) is 0 Å². The Hall–Kier alpha value is -1.16. The van der Waals surface area contributed by atoms with Crippen molar-refractivity contribution in [1.29, 1.82) is 0 Å². The van der Waals surface area contributed by atoms with Crippen LogP contribution in [0.4, 0.5) is 0 Å². The van der Waals surface area contributed by atoms with Crippen molar-refractivity contribution < 1.29 is 0 Å². The molecule has 3 heteroatoms. The van der Waals surface area contributed by atoms with Gasteiger partial charge in [0, 0.05) is 38.8 Å². The number of aryl methyl sites for hydroxylation is 1. The van der Waals surface area contributed by atoms with Gasteiger partial charge in [0.15, 0.2) is 0 Å². The molecule has 1 aliphatic heterocycles. The zero-order chi connectivity index (χ0) is 14.8. The highest BCUT2D eigenvalue weighted by Gasteiger charge is 2.27. The van der Waals surface area contributed by atoms with Crippen molar-refractivity contribution in [2.75, 3.05) is 26.2 Å². The number of thiophene rings is 1. The summed E-state index contributed by atoms with van der Waals surface area (Å²) in [6, 6.07) is 12.0. The minimum atomic E-state index is 0.762. The molecule has 4 rings (SSSR count). The average molecular weight is 312 g/mol. The SMILES string of the molecule is c1ccc2c(c1)CC[C@@H](N1CCN(Cc3ccsc3)CC1)C2. The summed E-state index contributed by atoms with van der Waals surface area (Å²) in [6.45, 7) is 6.03. The fourth-order valence-corrected chi connectivity index (χ4v) is 4.58. The van der Waals surface area contributed by atoms with E-state index in [1.165, 1.54) is 51.0 Å². The Balaban J connectivity index is 1.32. The molecule has 22 heavy (non-hydrogen) atoms. The fourth-order valence-electron chi connectivity index (χ4n) is 3.92. The predicted molar refractivity (Wildman–Crippen MR) is 93.4 cm³/mol. The van der Waals surface area contributed by atoms with Crippen LogP contribution in [0.2, 0.25) is 0 Å². The molecule has 1 aromatic carbocycles. The van der Waals surface area contributed by atoms with Crippen LogP contribution in [0, 0.1) is 0 Å². The third-order valence-electron chi connectivity index (χ3n) is 5.23. The summed E-state index contributed by atoms with van der Waals surface area (Å²) in [5.41, 5.74) is 4.64. The Kier molecular flexibility index (Phi) is 4.28. The first kappa shape index (κ1) is 14.4. The lowest BCUT2D eigenvalue weighted by atomic mass is 9.87. The van der Waals surface area contributed by atoms with E-state index in [9.17, 15) is 0 Å². The molecule has 0 bridgehead atoms. The second-order valence-corrected chi connectivity index (χ2v) is 7.39. The highest BCUT2D eigenvalue weighted by molar-refractivity contribution is 7.07. The number of rotatable bonds is 3. The molecule has 116 valence electrons. The second-order valence-electron chi connectivity index (χ2n) is 6.61. The minimum Gasteiger partial charge on any atom is -0.298 e. The quantitative estimate of drug-likeness (QED) is 0.857. The van der Waals surface area contributed by atoms with E-state index in [4.69, 9.17) is 0 Å². The topological polar surface area (TPSA) is 6.48 Å². The third-order valence-corrected chi connectivity index (χ3v) is 5.96. The summed E-state index contributed by atoms with van der Waals surface area (Å²) in [6.07, 6.45) is 3.85. The Morgan fingerprint density at radius 1 is 1.00 bits per heavy atom. The average Bonchev–Trinajstić information content (AvgIpc) is 3.08. The van der Waals surface area contributed by atoms with Crippen LogP contribution in [0.5, 0.6) is 0 Å². The van der Waals surface area contributed by atoms with Gasteiger partial charge < -0.3 is 0 Å². The molecule has 0 spiro atoms. The summed E-state index contributed by atoms with van der Waals surface area (Å²) in [5, 5.41) is 4.47. The molecule has 2 nitrogen and oxygen atoms in total. The minimum absolute atomic E-state index is 0.762. The molecule has 0 radical (unpaired) electrons. The molecule has 0 N–H and O–H groups in total. The van der Waals surface area contributed by atoms with Crippen LogP contribution in [-0.2, 0) is 19.4 Å². The van der Waals surface area contributed by atoms with Gasteiger partial charge in [-0.25, -0.2) is 0 Å². The molecule has 0 unspecified atom stereocenters. The van der Waals surface area contributed by atoms with Crippen molar-refractivity contribution in [1.82, 2.24) is 9.80 Å². The number of hydrogen-bond donors (Lipinski definition) is 0. The zero-order valence-electron chi connectivity index (χ0n) is 13.1. The summed E-state index contributed by atoms with van der Waals surface area (Å²) in [7, 11) is 0. The fraction of sp³-hybridized carbons (Fsp3) is 0.474. The van der Waals surface area contributed by atoms with Crippen molar-refractivity contribution in [3.8, 4) is 0 Å². The molecule has 2 aromatic rings. The van der Waals surface area contributed by atoms with Crippen molar-refractivity contribution >= 4 is 11.3 Å². The molecule has 1 aromatic heterocycles. The smallest absolute Gasteiger partial charge is 0.0243 e. The maximum absolute atomic E-state index is 2.74. The van der Waals surface area contributed by atoms with E-state index in [1.807, 2.05) is 11.3 Å². The molecule has 1 atom stereocenters. The highest BCUT2D eigenvalue weighted by atomic mass is 32.1. The lowest BCUT2D eigenvalue weighted by Crippen LogP contribution is -2.51. The normalized spacial score (nSPS) is 23.4. The van der Waals surface area contributed by atoms with Gasteiger partial charge in [0.2, 0.25) is 0 Å². The largest absolute Gasteiger partial charge is 0.298 e. The van der Waals surface area contributed by atoms with Crippen LogP contribution < -0.4 is 0 Å². The van der Waals surface area contributed by atoms with E-state index < -0.39 is 0 Å². The van der Waals surface area contributed by atoms with Crippen molar-refractivity contribution in [3.63, 3.8) is 0 Å². The summed E-state index contributed by atoms with van der Waals surface area (Å²) < 4.78 is 0. The van der Waals surface area contributed by atoms with Gasteiger partial charge in [0.05, 0.1) is 0 Å². The van der Waals surface area contributed by atoms with Gasteiger partial charge in [-0.05, 0) is 52.8 Å². The van der Waals surface area contributed by atoms with E-state index in [-0.39, 0.29) is 0 Å². The van der Waals surface area contributed by atoms with Crippen molar-refractivity contribution in [2.24, 2.45) is 0 Å². The first-order valence-electron chi connectivity index (χ1n) is 8.43. The number of hydrogen-bond acceptors (Lipinski definition) is 3. The monoisotopic (exact) mass is 312 g/mol. The molecule has 2 aliphatic rings. The van der Waals surface area contributed by atoms with Crippen LogP contribution in [0.1, 0.15) is 23.1 Å². The molecule has 2 heterocycles. The van der Waals surface area contributed by atoms with Crippen molar-refractivity contribution in [3.05, 3.63) is 57.8 Å². The van der Waals surface area contributed by atoms with E-state index in [2.05, 4.69) is 50.9 Å². The molecule has 1 aliphatic carbocycles. The molecular formula is C19H24N2S. The molecule has 1 saturated heterocycles. The van der Waals surface area contributed by atoms with Gasteiger partial charge in [-0.15, -0.1) is 0 Å². The number of nitrogens with zero attached hydrogens (tertiary/aromatic N) is 2. The molecule has 0 amide bonds. The van der Waals surface area contributed by atoms with Gasteiger partial charge in [-0.3, -0.25) is 9.80 Å². The Morgan fingerprint density at radius 2 is 1.82 bits per heavy atom. The van der Waals surface area contributed by atoms with Gasteiger partial charge in [0.1, 0.15) is 0 Å². The summed E-state index contributed by atoms with van der Waals surface area (Å²) in [4.78, 5) is 5.34. The number of piperazine rings is 1. The molecule has 1 fully saturated rings. The van der Waals surface area contributed by atoms with E-state index in [0.717, 1.165) is 12.6 Å². The van der Waals surface area contributed by atoms with Gasteiger partial charge >= 0.3 is 0 Å². The number of fused-ring (bicyclic) bond motifs is 1.